The fourth-order valence-electron chi connectivity index (χ4n) is 2.20. The van der Waals surface area contributed by atoms with Crippen LogP contribution in [0, 0.1) is 13.8 Å². The highest BCUT2D eigenvalue weighted by molar-refractivity contribution is 7.18. The molecular formula is C13H16N6S. The van der Waals surface area contributed by atoms with E-state index in [-0.39, 0.29) is 0 Å². The number of nitrogens with zero attached hydrogens (tertiary/aromatic N) is 4. The second kappa shape index (κ2) is 4.84. The maximum absolute atomic E-state index is 5.47. The van der Waals surface area contributed by atoms with E-state index < -0.39 is 0 Å². The van der Waals surface area contributed by atoms with Gasteiger partial charge in [0, 0.05) is 10.6 Å². The normalized spacial score (nSPS) is 11.2. The molecular weight excluding hydrogens is 272 g/mol. The molecule has 6 nitrogen and oxygen atoms in total. The van der Waals surface area contributed by atoms with E-state index in [4.69, 9.17) is 5.84 Å². The third kappa shape index (κ3) is 2.04. The lowest BCUT2D eigenvalue weighted by molar-refractivity contribution is 0.811. The van der Waals surface area contributed by atoms with Crippen molar-refractivity contribution in [1.82, 2.24) is 19.7 Å². The smallest absolute Gasteiger partial charge is 0.240 e. The van der Waals surface area contributed by atoms with Crippen molar-refractivity contribution in [3.8, 4) is 5.82 Å². The Morgan fingerprint density at radius 2 is 2.10 bits per heavy atom. The summed E-state index contributed by atoms with van der Waals surface area (Å²) in [7, 11) is 0. The van der Waals surface area contributed by atoms with Crippen molar-refractivity contribution < 1.29 is 0 Å². The Hall–Kier alpha value is -1.99. The highest BCUT2D eigenvalue weighted by Crippen LogP contribution is 2.29. The summed E-state index contributed by atoms with van der Waals surface area (Å²) >= 11 is 1.66. The van der Waals surface area contributed by atoms with Crippen LogP contribution in [0.25, 0.3) is 16.0 Å². The summed E-state index contributed by atoms with van der Waals surface area (Å²) in [6.07, 6.45) is 0.975. The Balaban J connectivity index is 2.32. The van der Waals surface area contributed by atoms with Crippen molar-refractivity contribution in [2.75, 3.05) is 5.43 Å². The summed E-state index contributed by atoms with van der Waals surface area (Å²) in [4.78, 5) is 11.1. The van der Waals surface area contributed by atoms with E-state index in [9.17, 15) is 0 Å². The van der Waals surface area contributed by atoms with Crippen molar-refractivity contribution in [3.05, 3.63) is 28.4 Å². The SMILES string of the molecule is CCc1cc2c(-n3nc(C)cc3C)nc(NN)nc2s1. The summed E-state index contributed by atoms with van der Waals surface area (Å²) in [6.45, 7) is 6.11. The molecule has 0 aliphatic rings. The molecule has 0 amide bonds. The van der Waals surface area contributed by atoms with Gasteiger partial charge in [0.05, 0.1) is 11.1 Å². The number of thiophene rings is 1. The van der Waals surface area contributed by atoms with Crippen LogP contribution < -0.4 is 11.3 Å². The second-order valence-corrected chi connectivity index (χ2v) is 5.75. The van der Waals surface area contributed by atoms with Gasteiger partial charge in [-0.05, 0) is 32.4 Å². The van der Waals surface area contributed by atoms with Crippen LogP contribution in [0.1, 0.15) is 23.2 Å². The molecule has 0 fully saturated rings. The molecule has 0 unspecified atom stereocenters. The van der Waals surface area contributed by atoms with Crippen LogP contribution in [0.3, 0.4) is 0 Å². The van der Waals surface area contributed by atoms with E-state index in [0.717, 1.165) is 33.8 Å². The quantitative estimate of drug-likeness (QED) is 0.571. The number of nitrogens with one attached hydrogen (secondary N) is 1. The van der Waals surface area contributed by atoms with E-state index >= 15 is 0 Å². The van der Waals surface area contributed by atoms with Crippen molar-refractivity contribution in [3.63, 3.8) is 0 Å². The molecule has 0 bridgehead atoms. The minimum atomic E-state index is 0.407. The van der Waals surface area contributed by atoms with Crippen molar-refractivity contribution in [2.24, 2.45) is 5.84 Å². The molecule has 0 atom stereocenters. The average Bonchev–Trinajstić information content (AvgIpc) is 3.00. The van der Waals surface area contributed by atoms with E-state index in [2.05, 4.69) is 33.5 Å². The lowest BCUT2D eigenvalue weighted by Gasteiger charge is -2.07. The molecule has 0 saturated heterocycles. The van der Waals surface area contributed by atoms with Crippen LogP contribution >= 0.6 is 11.3 Å². The van der Waals surface area contributed by atoms with E-state index in [1.165, 1.54) is 4.88 Å². The Morgan fingerprint density at radius 3 is 2.70 bits per heavy atom. The average molecular weight is 288 g/mol. The topological polar surface area (TPSA) is 81.7 Å². The number of hydrogen-bond donors (Lipinski definition) is 2. The third-order valence-corrected chi connectivity index (χ3v) is 4.28. The van der Waals surface area contributed by atoms with Gasteiger partial charge in [-0.2, -0.15) is 10.1 Å². The molecule has 0 aliphatic heterocycles. The van der Waals surface area contributed by atoms with Gasteiger partial charge in [-0.1, -0.05) is 6.92 Å². The summed E-state index contributed by atoms with van der Waals surface area (Å²) in [5.74, 6) is 6.65. The van der Waals surface area contributed by atoms with Gasteiger partial charge in [-0.15, -0.1) is 11.3 Å². The van der Waals surface area contributed by atoms with Crippen LogP contribution in [0.4, 0.5) is 5.95 Å². The van der Waals surface area contributed by atoms with E-state index in [1.54, 1.807) is 11.3 Å². The number of rotatable bonds is 3. The zero-order valence-electron chi connectivity index (χ0n) is 11.6. The van der Waals surface area contributed by atoms with Gasteiger partial charge in [-0.3, -0.25) is 5.43 Å². The van der Waals surface area contributed by atoms with Gasteiger partial charge < -0.3 is 0 Å². The van der Waals surface area contributed by atoms with Gasteiger partial charge in [-0.25, -0.2) is 15.5 Å². The van der Waals surface area contributed by atoms with Crippen LogP contribution in [-0.2, 0) is 6.42 Å². The van der Waals surface area contributed by atoms with E-state index in [0.29, 0.717) is 5.95 Å². The lowest BCUT2D eigenvalue weighted by atomic mass is 10.3. The maximum Gasteiger partial charge on any atom is 0.240 e. The number of aryl methyl sites for hydroxylation is 3. The first-order valence-corrected chi connectivity index (χ1v) is 7.24. The fraction of sp³-hybridized carbons (Fsp3) is 0.308. The monoisotopic (exact) mass is 288 g/mol. The minimum Gasteiger partial charge on any atom is -0.292 e. The molecule has 0 radical (unpaired) electrons. The molecule has 3 heterocycles. The summed E-state index contributed by atoms with van der Waals surface area (Å²) in [5, 5.41) is 5.51. The molecule has 0 aromatic carbocycles. The highest BCUT2D eigenvalue weighted by Gasteiger charge is 2.15. The predicted molar refractivity (Wildman–Crippen MR) is 81.2 cm³/mol. The summed E-state index contributed by atoms with van der Waals surface area (Å²) in [5.41, 5.74) is 4.52. The van der Waals surface area contributed by atoms with Crippen LogP contribution in [0.5, 0.6) is 0 Å². The number of nitrogen functional groups attached to an aromatic ring is 1. The number of anilines is 1. The maximum atomic E-state index is 5.47. The molecule has 3 N–H and O–H groups in total. The number of nitrogens with two attached hydrogens (primary N) is 1. The Morgan fingerprint density at radius 1 is 1.30 bits per heavy atom. The first-order valence-electron chi connectivity index (χ1n) is 6.43. The van der Waals surface area contributed by atoms with Crippen molar-refractivity contribution in [1.29, 1.82) is 0 Å². The lowest BCUT2D eigenvalue weighted by Crippen LogP contribution is -2.13. The molecule has 0 saturated carbocycles. The van der Waals surface area contributed by atoms with Crippen LogP contribution in [-0.4, -0.2) is 19.7 Å². The van der Waals surface area contributed by atoms with Crippen LogP contribution in [0.15, 0.2) is 12.1 Å². The molecule has 3 aromatic heterocycles. The number of hydrogen-bond acceptors (Lipinski definition) is 6. The highest BCUT2D eigenvalue weighted by atomic mass is 32.1. The van der Waals surface area contributed by atoms with Crippen molar-refractivity contribution >= 4 is 27.5 Å². The predicted octanol–water partition coefficient (Wildman–Crippen LogP) is 2.34. The number of hydrazine groups is 1. The third-order valence-electron chi connectivity index (χ3n) is 3.11. The molecule has 104 valence electrons. The van der Waals surface area contributed by atoms with E-state index in [1.807, 2.05) is 24.6 Å². The molecule has 7 heteroatoms. The summed E-state index contributed by atoms with van der Waals surface area (Å²) < 4.78 is 1.84. The molecule has 0 spiro atoms. The zero-order valence-corrected chi connectivity index (χ0v) is 12.5. The summed E-state index contributed by atoms with van der Waals surface area (Å²) in [6, 6.07) is 4.16. The molecule has 3 aromatic rings. The Kier molecular flexibility index (Phi) is 3.15. The van der Waals surface area contributed by atoms with Gasteiger partial charge in [0.15, 0.2) is 5.82 Å². The van der Waals surface area contributed by atoms with Gasteiger partial charge in [0.2, 0.25) is 5.95 Å². The largest absolute Gasteiger partial charge is 0.292 e. The van der Waals surface area contributed by atoms with Crippen LogP contribution in [0.2, 0.25) is 0 Å². The zero-order chi connectivity index (χ0) is 14.3. The Labute approximate surface area is 120 Å². The second-order valence-electron chi connectivity index (χ2n) is 4.64. The molecule has 3 rings (SSSR count). The number of aromatic nitrogens is 4. The Bertz CT molecular complexity index is 773. The first-order chi connectivity index (χ1) is 9.62. The standard InChI is InChI=1S/C13H16N6S/c1-4-9-6-10-11(19-8(3)5-7(2)18-19)15-13(17-14)16-12(10)20-9/h5-6H,4,14H2,1-3H3,(H,15,16,17). The van der Waals surface area contributed by atoms with Gasteiger partial charge in [0.25, 0.3) is 0 Å². The molecule has 0 aliphatic carbocycles. The van der Waals surface area contributed by atoms with Crippen molar-refractivity contribution in [2.45, 2.75) is 27.2 Å². The first kappa shape index (κ1) is 13.0. The fourth-order valence-corrected chi connectivity index (χ4v) is 3.16. The minimum absolute atomic E-state index is 0.407. The van der Waals surface area contributed by atoms with Gasteiger partial charge in [0.1, 0.15) is 4.83 Å². The molecule has 20 heavy (non-hydrogen) atoms. The number of fused-ring (bicyclic) bond motifs is 1. The van der Waals surface area contributed by atoms with Gasteiger partial charge >= 0.3 is 0 Å².